The fourth-order valence-electron chi connectivity index (χ4n) is 2.68. The third kappa shape index (κ3) is 2.45. The summed E-state index contributed by atoms with van der Waals surface area (Å²) in [7, 11) is 0. The molecule has 1 fully saturated rings. The third-order valence-electron chi connectivity index (χ3n) is 3.69. The molecule has 0 unspecified atom stereocenters. The van der Waals surface area contributed by atoms with Crippen LogP contribution in [0.1, 0.15) is 19.3 Å². The van der Waals surface area contributed by atoms with Crippen molar-refractivity contribution in [3.05, 3.63) is 28.9 Å². The molecule has 0 bridgehead atoms. The number of piperidine rings is 1. The van der Waals surface area contributed by atoms with Gasteiger partial charge in [0.05, 0.1) is 12.1 Å². The molecule has 3 rings (SSSR count). The second kappa shape index (κ2) is 5.41. The number of benzene rings is 1. The van der Waals surface area contributed by atoms with E-state index in [2.05, 4.69) is 54.9 Å². The molecule has 1 aromatic heterocycles. The minimum atomic E-state index is 0.955. The Balaban J connectivity index is 1.74. The lowest BCUT2D eigenvalue weighted by Gasteiger charge is -2.26. The number of para-hydroxylation sites is 1. The van der Waals surface area contributed by atoms with E-state index in [0.717, 1.165) is 17.7 Å². The van der Waals surface area contributed by atoms with Crippen LogP contribution in [0.2, 0.25) is 0 Å². The summed E-state index contributed by atoms with van der Waals surface area (Å²) >= 11 is 3.54. The second-order valence-electron chi connectivity index (χ2n) is 4.93. The van der Waals surface area contributed by atoms with Gasteiger partial charge in [-0.3, -0.25) is 4.68 Å². The maximum atomic E-state index is 4.58. The van der Waals surface area contributed by atoms with Gasteiger partial charge in [0.1, 0.15) is 4.60 Å². The largest absolute Gasteiger partial charge is 0.301 e. The molecule has 1 aliphatic rings. The van der Waals surface area contributed by atoms with E-state index in [1.54, 1.807) is 0 Å². The van der Waals surface area contributed by atoms with E-state index < -0.39 is 0 Å². The van der Waals surface area contributed by atoms with Gasteiger partial charge < -0.3 is 4.90 Å². The molecule has 0 N–H and O–H groups in total. The van der Waals surface area contributed by atoms with Crippen LogP contribution in [-0.2, 0) is 6.54 Å². The zero-order valence-electron chi connectivity index (χ0n) is 10.5. The highest BCUT2D eigenvalue weighted by molar-refractivity contribution is 9.10. The lowest BCUT2D eigenvalue weighted by Crippen LogP contribution is -2.32. The molecule has 1 aliphatic heterocycles. The predicted octanol–water partition coefficient (Wildman–Crippen LogP) is 3.28. The molecular formula is C14H18BrN3. The molecule has 4 heteroatoms. The smallest absolute Gasteiger partial charge is 0.135 e. The number of nitrogens with zero attached hydrogens (tertiary/aromatic N) is 3. The summed E-state index contributed by atoms with van der Waals surface area (Å²) in [6, 6.07) is 8.39. The summed E-state index contributed by atoms with van der Waals surface area (Å²) in [4.78, 5) is 2.55. The number of rotatable bonds is 3. The third-order valence-corrected chi connectivity index (χ3v) is 4.28. The topological polar surface area (TPSA) is 21.1 Å². The van der Waals surface area contributed by atoms with Gasteiger partial charge in [0.25, 0.3) is 0 Å². The number of hydrogen-bond acceptors (Lipinski definition) is 2. The van der Waals surface area contributed by atoms with Crippen molar-refractivity contribution in [2.75, 3.05) is 19.6 Å². The van der Waals surface area contributed by atoms with Crippen molar-refractivity contribution in [2.45, 2.75) is 25.8 Å². The summed E-state index contributed by atoms with van der Waals surface area (Å²) in [6.07, 6.45) is 4.10. The van der Waals surface area contributed by atoms with Crippen LogP contribution >= 0.6 is 15.9 Å². The zero-order valence-corrected chi connectivity index (χ0v) is 12.1. The van der Waals surface area contributed by atoms with Gasteiger partial charge in [-0.2, -0.15) is 5.10 Å². The molecule has 0 aliphatic carbocycles. The quantitative estimate of drug-likeness (QED) is 0.867. The Hall–Kier alpha value is -0.870. The maximum Gasteiger partial charge on any atom is 0.135 e. The van der Waals surface area contributed by atoms with E-state index in [0.29, 0.717) is 0 Å². The standard InChI is InChI=1S/C14H18BrN3/c15-14-12-6-2-3-7-13(12)18(16-14)11-10-17-8-4-1-5-9-17/h2-3,6-7H,1,4-5,8-11H2. The average molecular weight is 308 g/mol. The van der Waals surface area contributed by atoms with Gasteiger partial charge in [-0.25, -0.2) is 0 Å². The maximum absolute atomic E-state index is 4.58. The van der Waals surface area contributed by atoms with Crippen molar-refractivity contribution in [2.24, 2.45) is 0 Å². The van der Waals surface area contributed by atoms with Crippen molar-refractivity contribution < 1.29 is 0 Å². The monoisotopic (exact) mass is 307 g/mol. The van der Waals surface area contributed by atoms with Crippen LogP contribution in [0.15, 0.2) is 28.9 Å². The van der Waals surface area contributed by atoms with Crippen molar-refractivity contribution in [1.29, 1.82) is 0 Å². The summed E-state index contributed by atoms with van der Waals surface area (Å²) in [5.41, 5.74) is 1.22. The van der Waals surface area contributed by atoms with Crippen LogP contribution in [0.3, 0.4) is 0 Å². The van der Waals surface area contributed by atoms with Gasteiger partial charge in [0.15, 0.2) is 0 Å². The molecule has 2 aromatic rings. The molecule has 18 heavy (non-hydrogen) atoms. The lowest BCUT2D eigenvalue weighted by atomic mass is 10.1. The Morgan fingerprint density at radius 1 is 1.06 bits per heavy atom. The van der Waals surface area contributed by atoms with Crippen LogP contribution in [0, 0.1) is 0 Å². The molecule has 1 saturated heterocycles. The fraction of sp³-hybridized carbons (Fsp3) is 0.500. The van der Waals surface area contributed by atoms with Crippen molar-refractivity contribution >= 4 is 26.8 Å². The zero-order chi connectivity index (χ0) is 12.4. The number of likely N-dealkylation sites (tertiary alicyclic amines) is 1. The average Bonchev–Trinajstić information content (AvgIpc) is 2.75. The van der Waals surface area contributed by atoms with E-state index in [1.807, 2.05) is 0 Å². The molecule has 0 amide bonds. The fourth-order valence-corrected chi connectivity index (χ4v) is 3.20. The normalized spacial score (nSPS) is 17.4. The molecule has 0 spiro atoms. The second-order valence-corrected chi connectivity index (χ2v) is 5.68. The summed E-state index contributed by atoms with van der Waals surface area (Å²) < 4.78 is 3.07. The molecule has 0 saturated carbocycles. The number of fused-ring (bicyclic) bond motifs is 1. The van der Waals surface area contributed by atoms with Gasteiger partial charge in [-0.15, -0.1) is 0 Å². The summed E-state index contributed by atoms with van der Waals surface area (Å²) in [5.74, 6) is 0. The van der Waals surface area contributed by atoms with Crippen LogP contribution < -0.4 is 0 Å². The van der Waals surface area contributed by atoms with E-state index in [1.165, 1.54) is 43.3 Å². The highest BCUT2D eigenvalue weighted by Gasteiger charge is 2.12. The molecule has 1 aromatic carbocycles. The van der Waals surface area contributed by atoms with Crippen molar-refractivity contribution in [3.8, 4) is 0 Å². The summed E-state index contributed by atoms with van der Waals surface area (Å²) in [6.45, 7) is 4.59. The van der Waals surface area contributed by atoms with Crippen LogP contribution in [0.4, 0.5) is 0 Å². The molecule has 3 nitrogen and oxygen atoms in total. The predicted molar refractivity (Wildman–Crippen MR) is 77.7 cm³/mol. The van der Waals surface area contributed by atoms with Crippen LogP contribution in [0.25, 0.3) is 10.9 Å². The Morgan fingerprint density at radius 3 is 2.67 bits per heavy atom. The Labute approximate surface area is 116 Å². The Morgan fingerprint density at radius 2 is 1.83 bits per heavy atom. The highest BCUT2D eigenvalue weighted by atomic mass is 79.9. The van der Waals surface area contributed by atoms with Crippen molar-refractivity contribution in [3.63, 3.8) is 0 Å². The van der Waals surface area contributed by atoms with E-state index in [-0.39, 0.29) is 0 Å². The Kier molecular flexibility index (Phi) is 3.66. The molecular weight excluding hydrogens is 290 g/mol. The number of halogens is 1. The highest BCUT2D eigenvalue weighted by Crippen LogP contribution is 2.22. The SMILES string of the molecule is Brc1nn(CCN2CCCCC2)c2ccccc12. The van der Waals surface area contributed by atoms with E-state index in [9.17, 15) is 0 Å². The summed E-state index contributed by atoms with van der Waals surface area (Å²) in [5, 5.41) is 5.79. The van der Waals surface area contributed by atoms with Gasteiger partial charge in [0, 0.05) is 11.9 Å². The van der Waals surface area contributed by atoms with Gasteiger partial charge in [0.2, 0.25) is 0 Å². The number of hydrogen-bond donors (Lipinski definition) is 0. The van der Waals surface area contributed by atoms with Crippen molar-refractivity contribution in [1.82, 2.24) is 14.7 Å². The molecule has 0 atom stereocenters. The van der Waals surface area contributed by atoms with Gasteiger partial charge in [-0.1, -0.05) is 24.6 Å². The molecule has 2 heterocycles. The number of aromatic nitrogens is 2. The van der Waals surface area contributed by atoms with Gasteiger partial charge >= 0.3 is 0 Å². The first-order chi connectivity index (χ1) is 8.84. The van der Waals surface area contributed by atoms with E-state index in [4.69, 9.17) is 0 Å². The van der Waals surface area contributed by atoms with Crippen LogP contribution in [0.5, 0.6) is 0 Å². The first-order valence-corrected chi connectivity index (χ1v) is 7.47. The molecule has 96 valence electrons. The molecule has 0 radical (unpaired) electrons. The minimum Gasteiger partial charge on any atom is -0.301 e. The van der Waals surface area contributed by atoms with E-state index >= 15 is 0 Å². The first kappa shape index (κ1) is 12.2. The van der Waals surface area contributed by atoms with Crippen LogP contribution in [-0.4, -0.2) is 34.3 Å². The Bertz CT molecular complexity index is 529. The first-order valence-electron chi connectivity index (χ1n) is 6.68. The lowest BCUT2D eigenvalue weighted by molar-refractivity contribution is 0.219. The van der Waals surface area contributed by atoms with Gasteiger partial charge in [-0.05, 0) is 47.9 Å². The minimum absolute atomic E-state index is 0.955.